The Bertz CT molecular complexity index is 357. The third kappa shape index (κ3) is 5.79. The Morgan fingerprint density at radius 3 is 2.32 bits per heavy atom. The summed E-state index contributed by atoms with van der Waals surface area (Å²) in [6, 6.07) is 4.64. The topological polar surface area (TPSA) is 28.4 Å². The molecule has 0 bridgehead atoms. The maximum Gasteiger partial charge on any atom is 0.118 e. The molecule has 1 aromatic heterocycles. The van der Waals surface area contributed by atoms with Crippen molar-refractivity contribution in [3.8, 4) is 0 Å². The zero-order valence-electron chi connectivity index (χ0n) is 13.4. The third-order valence-corrected chi connectivity index (χ3v) is 3.44. The second-order valence-corrected chi connectivity index (χ2v) is 6.29. The predicted molar refractivity (Wildman–Crippen MR) is 81.2 cm³/mol. The second-order valence-electron chi connectivity index (χ2n) is 6.29. The maximum atomic E-state index is 5.66. The van der Waals surface area contributed by atoms with Gasteiger partial charge in [0.15, 0.2) is 0 Å². The van der Waals surface area contributed by atoms with Crippen LogP contribution in [-0.4, -0.2) is 31.1 Å². The Labute approximate surface area is 118 Å². The standard InChI is InChI=1S/C16H30N2O/c1-12(2)9-17-10-16(13(3)4)18(6)11-15-8-7-14(5)19-15/h7-8,12-13,16-17H,9-11H2,1-6H3. The highest BCUT2D eigenvalue weighted by atomic mass is 16.3. The van der Waals surface area contributed by atoms with Crippen molar-refractivity contribution in [3.05, 3.63) is 23.7 Å². The minimum Gasteiger partial charge on any atom is -0.465 e. The molecule has 0 aliphatic heterocycles. The average Bonchev–Trinajstić information content (AvgIpc) is 2.69. The van der Waals surface area contributed by atoms with Crippen LogP contribution in [0.1, 0.15) is 39.2 Å². The molecular weight excluding hydrogens is 236 g/mol. The summed E-state index contributed by atoms with van der Waals surface area (Å²) in [5.41, 5.74) is 0. The summed E-state index contributed by atoms with van der Waals surface area (Å²) in [6.07, 6.45) is 0. The molecule has 0 aliphatic carbocycles. The van der Waals surface area contributed by atoms with Crippen LogP contribution in [0.15, 0.2) is 16.5 Å². The van der Waals surface area contributed by atoms with E-state index < -0.39 is 0 Å². The van der Waals surface area contributed by atoms with Gasteiger partial charge in [0.1, 0.15) is 11.5 Å². The van der Waals surface area contributed by atoms with Crippen LogP contribution >= 0.6 is 0 Å². The number of furan rings is 1. The number of rotatable bonds is 8. The largest absolute Gasteiger partial charge is 0.465 e. The summed E-state index contributed by atoms with van der Waals surface area (Å²) in [5.74, 6) is 3.36. The maximum absolute atomic E-state index is 5.66. The summed E-state index contributed by atoms with van der Waals surface area (Å²) in [6.45, 7) is 14.0. The van der Waals surface area contributed by atoms with Crippen molar-refractivity contribution < 1.29 is 4.42 Å². The summed E-state index contributed by atoms with van der Waals surface area (Å²) in [5, 5.41) is 3.57. The van der Waals surface area contributed by atoms with Gasteiger partial charge in [-0.2, -0.15) is 0 Å². The van der Waals surface area contributed by atoms with Crippen LogP contribution in [0.3, 0.4) is 0 Å². The van der Waals surface area contributed by atoms with E-state index >= 15 is 0 Å². The molecule has 3 heteroatoms. The van der Waals surface area contributed by atoms with E-state index in [1.165, 1.54) is 0 Å². The van der Waals surface area contributed by atoms with Gasteiger partial charge < -0.3 is 9.73 Å². The number of aryl methyl sites for hydroxylation is 1. The summed E-state index contributed by atoms with van der Waals surface area (Å²) in [4.78, 5) is 2.39. The first kappa shape index (κ1) is 16.3. The van der Waals surface area contributed by atoms with Gasteiger partial charge in [-0.1, -0.05) is 27.7 Å². The molecule has 1 atom stereocenters. The van der Waals surface area contributed by atoms with E-state index in [9.17, 15) is 0 Å². The summed E-state index contributed by atoms with van der Waals surface area (Å²) >= 11 is 0. The molecule has 1 N–H and O–H groups in total. The lowest BCUT2D eigenvalue weighted by atomic mass is 10.0. The van der Waals surface area contributed by atoms with Crippen LogP contribution < -0.4 is 5.32 Å². The number of hydrogen-bond acceptors (Lipinski definition) is 3. The number of likely N-dealkylation sites (N-methyl/N-ethyl adjacent to an activating group) is 1. The molecule has 0 saturated carbocycles. The summed E-state index contributed by atoms with van der Waals surface area (Å²) in [7, 11) is 2.18. The first-order valence-corrected chi connectivity index (χ1v) is 7.36. The molecule has 0 radical (unpaired) electrons. The van der Waals surface area contributed by atoms with Crippen molar-refractivity contribution >= 4 is 0 Å². The lowest BCUT2D eigenvalue weighted by Gasteiger charge is -2.31. The minimum atomic E-state index is 0.532. The van der Waals surface area contributed by atoms with Crippen molar-refractivity contribution in [2.45, 2.75) is 47.2 Å². The first-order valence-electron chi connectivity index (χ1n) is 7.36. The second kappa shape index (κ2) is 7.71. The molecule has 1 aromatic rings. The van der Waals surface area contributed by atoms with Gasteiger partial charge in [0.25, 0.3) is 0 Å². The molecule has 0 fully saturated rings. The van der Waals surface area contributed by atoms with Crippen molar-refractivity contribution in [1.82, 2.24) is 10.2 Å². The highest BCUT2D eigenvalue weighted by Crippen LogP contribution is 2.14. The fourth-order valence-electron chi connectivity index (χ4n) is 2.35. The molecule has 110 valence electrons. The van der Waals surface area contributed by atoms with E-state index in [2.05, 4.69) is 51.0 Å². The van der Waals surface area contributed by atoms with Crippen molar-refractivity contribution in [2.24, 2.45) is 11.8 Å². The van der Waals surface area contributed by atoms with Gasteiger partial charge in [0.05, 0.1) is 6.54 Å². The quantitative estimate of drug-likeness (QED) is 0.782. The SMILES string of the molecule is Cc1ccc(CN(C)C(CNCC(C)C)C(C)C)o1. The van der Waals surface area contributed by atoms with E-state index in [-0.39, 0.29) is 0 Å². The van der Waals surface area contributed by atoms with E-state index in [0.29, 0.717) is 17.9 Å². The molecule has 19 heavy (non-hydrogen) atoms. The van der Waals surface area contributed by atoms with Crippen LogP contribution in [0, 0.1) is 18.8 Å². The highest BCUT2D eigenvalue weighted by molar-refractivity contribution is 5.05. The van der Waals surface area contributed by atoms with E-state index in [4.69, 9.17) is 4.42 Å². The molecule has 0 saturated heterocycles. The zero-order chi connectivity index (χ0) is 14.4. The van der Waals surface area contributed by atoms with Gasteiger partial charge >= 0.3 is 0 Å². The zero-order valence-corrected chi connectivity index (χ0v) is 13.4. The third-order valence-electron chi connectivity index (χ3n) is 3.44. The molecule has 0 amide bonds. The van der Waals surface area contributed by atoms with Gasteiger partial charge in [-0.3, -0.25) is 4.90 Å². The van der Waals surface area contributed by atoms with Crippen molar-refractivity contribution in [1.29, 1.82) is 0 Å². The Morgan fingerprint density at radius 1 is 1.16 bits per heavy atom. The van der Waals surface area contributed by atoms with Crippen LogP contribution in [0.5, 0.6) is 0 Å². The Kier molecular flexibility index (Phi) is 6.59. The Morgan fingerprint density at radius 2 is 1.84 bits per heavy atom. The van der Waals surface area contributed by atoms with Gasteiger partial charge in [-0.05, 0) is 44.5 Å². The van der Waals surface area contributed by atoms with Gasteiger partial charge in [-0.25, -0.2) is 0 Å². The molecule has 3 nitrogen and oxygen atoms in total. The summed E-state index contributed by atoms with van der Waals surface area (Å²) < 4.78 is 5.66. The molecular formula is C16H30N2O. The highest BCUT2D eigenvalue weighted by Gasteiger charge is 2.19. The van der Waals surface area contributed by atoms with Crippen LogP contribution in [-0.2, 0) is 6.54 Å². The van der Waals surface area contributed by atoms with Crippen LogP contribution in [0.2, 0.25) is 0 Å². The fraction of sp³-hybridized carbons (Fsp3) is 0.750. The molecule has 1 heterocycles. The number of hydrogen-bond donors (Lipinski definition) is 1. The Hall–Kier alpha value is -0.800. The lowest BCUT2D eigenvalue weighted by Crippen LogP contribution is -2.43. The molecule has 1 rings (SSSR count). The minimum absolute atomic E-state index is 0.532. The average molecular weight is 266 g/mol. The molecule has 0 aromatic carbocycles. The molecule has 0 aliphatic rings. The number of nitrogens with one attached hydrogen (secondary N) is 1. The van der Waals surface area contributed by atoms with Crippen molar-refractivity contribution in [3.63, 3.8) is 0 Å². The van der Waals surface area contributed by atoms with Gasteiger partial charge in [0.2, 0.25) is 0 Å². The predicted octanol–water partition coefficient (Wildman–Crippen LogP) is 3.29. The van der Waals surface area contributed by atoms with E-state index in [0.717, 1.165) is 31.2 Å². The van der Waals surface area contributed by atoms with Gasteiger partial charge in [0, 0.05) is 12.6 Å². The van der Waals surface area contributed by atoms with Crippen LogP contribution in [0.25, 0.3) is 0 Å². The normalized spacial score (nSPS) is 13.7. The number of nitrogens with zero attached hydrogens (tertiary/aromatic N) is 1. The van der Waals surface area contributed by atoms with E-state index in [1.54, 1.807) is 0 Å². The smallest absolute Gasteiger partial charge is 0.118 e. The van der Waals surface area contributed by atoms with Crippen LogP contribution in [0.4, 0.5) is 0 Å². The molecule has 0 spiro atoms. The monoisotopic (exact) mass is 266 g/mol. The van der Waals surface area contributed by atoms with E-state index in [1.807, 2.05) is 13.0 Å². The fourth-order valence-corrected chi connectivity index (χ4v) is 2.35. The van der Waals surface area contributed by atoms with Gasteiger partial charge in [-0.15, -0.1) is 0 Å². The lowest BCUT2D eigenvalue weighted by molar-refractivity contribution is 0.166. The van der Waals surface area contributed by atoms with Crippen molar-refractivity contribution in [2.75, 3.05) is 20.1 Å². The first-order chi connectivity index (χ1) is 8.90. The molecule has 1 unspecified atom stereocenters. The Balaban J connectivity index is 2.50.